The summed E-state index contributed by atoms with van der Waals surface area (Å²) in [5.74, 6) is 0.112. The van der Waals surface area contributed by atoms with Crippen LogP contribution in [0.25, 0.3) is 0 Å². The quantitative estimate of drug-likeness (QED) is 0.916. The van der Waals surface area contributed by atoms with E-state index in [-0.39, 0.29) is 18.3 Å². The average Bonchev–Trinajstić information content (AvgIpc) is 2.71. The Balaban J connectivity index is 0.00000162. The Hall–Kier alpha value is -0.650. The van der Waals surface area contributed by atoms with Gasteiger partial charge in [-0.15, -0.1) is 23.7 Å². The van der Waals surface area contributed by atoms with Crippen molar-refractivity contribution in [3.63, 3.8) is 0 Å². The minimum Gasteiger partial charge on any atom is -0.338 e. The molecule has 1 amide bonds. The number of amides is 1. The van der Waals surface area contributed by atoms with Crippen LogP contribution < -0.4 is 5.32 Å². The normalized spacial score (nSPS) is 13.7. The molecule has 0 radical (unpaired) electrons. The average molecular weight is 290 g/mol. The number of hydrogen-bond donors (Lipinski definition) is 1. The second-order valence-electron chi connectivity index (χ2n) is 4.46. The molecule has 0 atom stereocenters. The van der Waals surface area contributed by atoms with E-state index in [1.54, 1.807) is 23.3 Å². The molecule has 0 saturated heterocycles. The molecule has 0 bridgehead atoms. The van der Waals surface area contributed by atoms with Crippen molar-refractivity contribution in [3.05, 3.63) is 15.6 Å². The molecule has 0 aliphatic heterocycles. The number of carbonyl (C=O) groups excluding carboxylic acids is 1. The highest BCUT2D eigenvalue weighted by molar-refractivity contribution is 7.11. The van der Waals surface area contributed by atoms with E-state index >= 15 is 0 Å². The first-order valence-electron chi connectivity index (χ1n) is 6.06. The Bertz CT molecular complexity index is 385. The number of aryl methyl sites for hydroxylation is 2. The van der Waals surface area contributed by atoms with Crippen molar-refractivity contribution in [1.29, 1.82) is 0 Å². The molecule has 4 nitrogen and oxygen atoms in total. The number of nitrogens with zero attached hydrogens (tertiary/aromatic N) is 2. The number of likely N-dealkylation sites (N-methyl/N-ethyl adjacent to an activating group) is 2. The summed E-state index contributed by atoms with van der Waals surface area (Å²) in [6, 6.07) is 0. The van der Waals surface area contributed by atoms with Gasteiger partial charge in [0.25, 0.3) is 0 Å². The fraction of sp³-hybridized carbons (Fsp3) is 0.667. The van der Waals surface area contributed by atoms with E-state index in [0.29, 0.717) is 13.1 Å². The third kappa shape index (κ3) is 3.67. The van der Waals surface area contributed by atoms with Crippen LogP contribution in [0.5, 0.6) is 0 Å². The van der Waals surface area contributed by atoms with Crippen molar-refractivity contribution >= 4 is 29.7 Å². The monoisotopic (exact) mass is 289 g/mol. The van der Waals surface area contributed by atoms with E-state index in [2.05, 4.69) is 10.3 Å². The van der Waals surface area contributed by atoms with Gasteiger partial charge in [-0.2, -0.15) is 0 Å². The lowest BCUT2D eigenvalue weighted by Gasteiger charge is -2.14. The van der Waals surface area contributed by atoms with Gasteiger partial charge in [0.1, 0.15) is 5.01 Å². The van der Waals surface area contributed by atoms with E-state index in [4.69, 9.17) is 0 Å². The van der Waals surface area contributed by atoms with Crippen molar-refractivity contribution in [2.24, 2.45) is 0 Å². The fourth-order valence-electron chi connectivity index (χ4n) is 2.05. The van der Waals surface area contributed by atoms with Crippen LogP contribution in [0.15, 0.2) is 0 Å². The Kier molecular flexibility index (Phi) is 6.05. The summed E-state index contributed by atoms with van der Waals surface area (Å²) in [6.45, 7) is 1.03. The number of aromatic nitrogens is 1. The van der Waals surface area contributed by atoms with Crippen LogP contribution in [0.2, 0.25) is 0 Å². The maximum atomic E-state index is 11.6. The molecule has 1 heterocycles. The van der Waals surface area contributed by atoms with E-state index in [1.807, 2.05) is 7.05 Å². The number of hydrogen-bond acceptors (Lipinski definition) is 4. The van der Waals surface area contributed by atoms with Gasteiger partial charge in [0, 0.05) is 11.9 Å². The van der Waals surface area contributed by atoms with E-state index < -0.39 is 0 Å². The van der Waals surface area contributed by atoms with Gasteiger partial charge in [-0.3, -0.25) is 4.79 Å². The van der Waals surface area contributed by atoms with Crippen LogP contribution in [-0.2, 0) is 24.2 Å². The molecule has 6 heteroatoms. The molecule has 1 aromatic rings. The number of rotatable bonds is 4. The van der Waals surface area contributed by atoms with Crippen molar-refractivity contribution in [2.75, 3.05) is 20.6 Å². The molecule has 1 aliphatic rings. The fourth-order valence-corrected chi connectivity index (χ4v) is 3.26. The summed E-state index contributed by atoms with van der Waals surface area (Å²) < 4.78 is 0. The van der Waals surface area contributed by atoms with Crippen molar-refractivity contribution in [1.82, 2.24) is 15.2 Å². The lowest BCUT2D eigenvalue weighted by Crippen LogP contribution is -2.33. The van der Waals surface area contributed by atoms with Gasteiger partial charge in [-0.1, -0.05) is 0 Å². The van der Waals surface area contributed by atoms with Gasteiger partial charge >= 0.3 is 0 Å². The van der Waals surface area contributed by atoms with Crippen LogP contribution in [0.3, 0.4) is 0 Å². The number of carbonyl (C=O) groups is 1. The first-order chi connectivity index (χ1) is 8.20. The number of halogens is 1. The molecule has 102 valence electrons. The summed E-state index contributed by atoms with van der Waals surface area (Å²) >= 11 is 1.77. The first kappa shape index (κ1) is 15.4. The van der Waals surface area contributed by atoms with E-state index in [0.717, 1.165) is 11.4 Å². The van der Waals surface area contributed by atoms with Crippen LogP contribution in [0.4, 0.5) is 0 Å². The van der Waals surface area contributed by atoms with Crippen molar-refractivity contribution in [2.45, 2.75) is 32.2 Å². The molecule has 1 N–H and O–H groups in total. The van der Waals surface area contributed by atoms with E-state index in [1.165, 1.54) is 29.8 Å². The summed E-state index contributed by atoms with van der Waals surface area (Å²) in [7, 11) is 3.62. The first-order valence-corrected chi connectivity index (χ1v) is 6.88. The standard InChI is InChI=1S/C12H19N3OS.ClH/c1-13-7-12(16)15(2)8-11-14-9-5-3-4-6-10(9)17-11;/h13H,3-8H2,1-2H3;1H. The molecule has 1 aliphatic carbocycles. The molecule has 1 aromatic heterocycles. The molecule has 0 spiro atoms. The zero-order valence-electron chi connectivity index (χ0n) is 10.9. The molecule has 18 heavy (non-hydrogen) atoms. The zero-order chi connectivity index (χ0) is 12.3. The Morgan fingerprint density at radius 2 is 2.17 bits per heavy atom. The second kappa shape index (κ2) is 7.07. The van der Waals surface area contributed by atoms with Crippen LogP contribution >= 0.6 is 23.7 Å². The molecular formula is C12H20ClN3OS. The molecule has 0 saturated carbocycles. The van der Waals surface area contributed by atoms with Gasteiger partial charge in [0.2, 0.25) is 5.91 Å². The lowest BCUT2D eigenvalue weighted by molar-refractivity contribution is -0.129. The van der Waals surface area contributed by atoms with Crippen LogP contribution in [0.1, 0.15) is 28.4 Å². The van der Waals surface area contributed by atoms with Crippen molar-refractivity contribution in [3.8, 4) is 0 Å². The summed E-state index contributed by atoms with van der Waals surface area (Å²) in [6.07, 6.45) is 4.81. The predicted octanol–water partition coefficient (Wildman–Crippen LogP) is 1.62. The summed E-state index contributed by atoms with van der Waals surface area (Å²) in [4.78, 5) is 19.4. The van der Waals surface area contributed by atoms with Crippen LogP contribution in [0, 0.1) is 0 Å². The van der Waals surface area contributed by atoms with Gasteiger partial charge in [-0.05, 0) is 32.7 Å². The van der Waals surface area contributed by atoms with Crippen molar-refractivity contribution < 1.29 is 4.79 Å². The Morgan fingerprint density at radius 3 is 2.83 bits per heavy atom. The third-order valence-electron chi connectivity index (χ3n) is 3.02. The maximum absolute atomic E-state index is 11.6. The van der Waals surface area contributed by atoms with Gasteiger partial charge in [0.15, 0.2) is 0 Å². The number of fused-ring (bicyclic) bond motifs is 1. The largest absolute Gasteiger partial charge is 0.338 e. The summed E-state index contributed by atoms with van der Waals surface area (Å²) in [5, 5.41) is 3.95. The molecule has 0 aromatic carbocycles. The zero-order valence-corrected chi connectivity index (χ0v) is 12.5. The molecule has 0 fully saturated rings. The van der Waals surface area contributed by atoms with Gasteiger partial charge in [0.05, 0.1) is 18.8 Å². The van der Waals surface area contributed by atoms with Gasteiger partial charge < -0.3 is 10.2 Å². The number of thiazole rings is 1. The predicted molar refractivity (Wildman–Crippen MR) is 76.4 cm³/mol. The highest BCUT2D eigenvalue weighted by atomic mass is 35.5. The summed E-state index contributed by atoms with van der Waals surface area (Å²) in [5.41, 5.74) is 1.27. The smallest absolute Gasteiger partial charge is 0.236 e. The highest BCUT2D eigenvalue weighted by Crippen LogP contribution is 2.27. The maximum Gasteiger partial charge on any atom is 0.236 e. The van der Waals surface area contributed by atoms with Crippen LogP contribution in [-0.4, -0.2) is 36.4 Å². The SMILES string of the molecule is CNCC(=O)N(C)Cc1nc2c(s1)CCCC2.Cl. The molecule has 2 rings (SSSR count). The number of nitrogens with one attached hydrogen (secondary N) is 1. The van der Waals surface area contributed by atoms with E-state index in [9.17, 15) is 4.79 Å². The lowest BCUT2D eigenvalue weighted by atomic mass is 10.0. The molecule has 0 unspecified atom stereocenters. The Morgan fingerprint density at radius 1 is 1.44 bits per heavy atom. The topological polar surface area (TPSA) is 45.2 Å². The second-order valence-corrected chi connectivity index (χ2v) is 5.63. The minimum absolute atomic E-state index is 0. The highest BCUT2D eigenvalue weighted by Gasteiger charge is 2.17. The minimum atomic E-state index is 0. The third-order valence-corrected chi connectivity index (χ3v) is 4.16. The Labute approximate surface area is 118 Å². The molecular weight excluding hydrogens is 270 g/mol. The van der Waals surface area contributed by atoms with Gasteiger partial charge in [-0.25, -0.2) is 4.98 Å².